The second-order valence-electron chi connectivity index (χ2n) is 4.90. The predicted molar refractivity (Wildman–Crippen MR) is 78.0 cm³/mol. The van der Waals surface area contributed by atoms with Gasteiger partial charge in [-0.25, -0.2) is 0 Å². The first kappa shape index (κ1) is 17.1. The van der Waals surface area contributed by atoms with Crippen LogP contribution >= 0.6 is 11.6 Å². The number of nitrogens with one attached hydrogen (secondary N) is 2. The molecule has 0 aromatic carbocycles. The maximum absolute atomic E-state index is 12.3. The number of halogens is 4. The van der Waals surface area contributed by atoms with E-state index >= 15 is 0 Å². The van der Waals surface area contributed by atoms with Crippen molar-refractivity contribution in [3.63, 3.8) is 0 Å². The van der Waals surface area contributed by atoms with E-state index in [9.17, 15) is 22.8 Å². The summed E-state index contributed by atoms with van der Waals surface area (Å²) in [6.07, 6.45) is 6.60. The maximum atomic E-state index is 12.3. The second-order valence-corrected chi connectivity index (χ2v) is 5.16. The van der Waals surface area contributed by atoms with Crippen LogP contribution in [0.2, 0.25) is 0 Å². The van der Waals surface area contributed by atoms with Crippen LogP contribution in [0, 0.1) is 0 Å². The van der Waals surface area contributed by atoms with Crippen LogP contribution in [-0.4, -0.2) is 40.9 Å². The van der Waals surface area contributed by atoms with E-state index in [0.717, 1.165) is 0 Å². The second kappa shape index (κ2) is 6.49. The van der Waals surface area contributed by atoms with Crippen molar-refractivity contribution in [2.75, 3.05) is 12.4 Å². The fourth-order valence-electron chi connectivity index (χ4n) is 2.10. The van der Waals surface area contributed by atoms with Crippen LogP contribution in [0.3, 0.4) is 0 Å². The minimum Gasteiger partial charge on any atom is -0.345 e. The van der Waals surface area contributed by atoms with Crippen molar-refractivity contribution in [2.45, 2.75) is 11.7 Å². The molecule has 2 N–H and O–H groups in total. The lowest BCUT2D eigenvalue weighted by atomic mass is 9.94. The highest BCUT2D eigenvalue weighted by atomic mass is 35.5. The summed E-state index contributed by atoms with van der Waals surface area (Å²) in [5, 5.41) is 4.30. The van der Waals surface area contributed by atoms with Crippen molar-refractivity contribution in [2.24, 2.45) is 0 Å². The van der Waals surface area contributed by atoms with E-state index in [0.29, 0.717) is 5.70 Å². The Morgan fingerprint density at radius 1 is 1.26 bits per heavy atom. The summed E-state index contributed by atoms with van der Waals surface area (Å²) in [7, 11) is 0. The topological polar surface area (TPSA) is 61.4 Å². The van der Waals surface area contributed by atoms with Crippen molar-refractivity contribution in [1.29, 1.82) is 0 Å². The van der Waals surface area contributed by atoms with Gasteiger partial charge in [-0.1, -0.05) is 6.08 Å². The molecule has 0 bridgehead atoms. The standard InChI is InChI=1S/C14H13ClF3N3O2/c15-8-11(22)20-13(9-19-12(23)14(16,17)18)4-6-21-5-2-1-3-10(21)7-13/h1-7H,8-9H2,(H,19,23)(H,20,22). The molecule has 2 aliphatic heterocycles. The number of hydrogen-bond donors (Lipinski definition) is 2. The molecule has 0 saturated heterocycles. The number of fused-ring (bicyclic) bond motifs is 1. The molecule has 1 unspecified atom stereocenters. The molecule has 1 atom stereocenters. The third-order valence-electron chi connectivity index (χ3n) is 3.15. The molecule has 2 heterocycles. The molecule has 5 nitrogen and oxygen atoms in total. The van der Waals surface area contributed by atoms with Crippen LogP contribution < -0.4 is 10.6 Å². The Labute approximate surface area is 135 Å². The van der Waals surface area contributed by atoms with Crippen molar-refractivity contribution < 1.29 is 22.8 Å². The van der Waals surface area contributed by atoms with E-state index in [1.165, 1.54) is 6.08 Å². The van der Waals surface area contributed by atoms with Gasteiger partial charge in [0.25, 0.3) is 0 Å². The number of carbonyl (C=O) groups excluding carboxylic acids is 2. The highest BCUT2D eigenvalue weighted by molar-refractivity contribution is 6.27. The zero-order valence-electron chi connectivity index (χ0n) is 11.7. The Balaban J connectivity index is 2.22. The first-order chi connectivity index (χ1) is 10.8. The Morgan fingerprint density at radius 2 is 2.00 bits per heavy atom. The lowest BCUT2D eigenvalue weighted by Crippen LogP contribution is -2.56. The lowest BCUT2D eigenvalue weighted by Gasteiger charge is -2.35. The van der Waals surface area contributed by atoms with E-state index in [2.05, 4.69) is 5.32 Å². The minimum absolute atomic E-state index is 0.356. The molecule has 2 amide bonds. The highest BCUT2D eigenvalue weighted by Crippen LogP contribution is 2.25. The van der Waals surface area contributed by atoms with E-state index in [4.69, 9.17) is 11.6 Å². The molecule has 23 heavy (non-hydrogen) atoms. The molecule has 124 valence electrons. The zero-order valence-corrected chi connectivity index (χ0v) is 12.5. The summed E-state index contributed by atoms with van der Waals surface area (Å²) >= 11 is 5.45. The van der Waals surface area contributed by atoms with Crippen LogP contribution in [-0.2, 0) is 9.59 Å². The maximum Gasteiger partial charge on any atom is 0.471 e. The van der Waals surface area contributed by atoms with Crippen LogP contribution in [0.5, 0.6) is 0 Å². The molecule has 2 rings (SSSR count). The van der Waals surface area contributed by atoms with Crippen molar-refractivity contribution >= 4 is 23.4 Å². The van der Waals surface area contributed by atoms with Crippen LogP contribution in [0.1, 0.15) is 0 Å². The Hall–Kier alpha value is -2.22. The zero-order chi connectivity index (χ0) is 17.1. The molecule has 0 aliphatic carbocycles. The average molecular weight is 348 g/mol. The normalized spacial score (nSPS) is 22.4. The fraction of sp³-hybridized carbons (Fsp3) is 0.286. The molecule has 0 aromatic rings. The summed E-state index contributed by atoms with van der Waals surface area (Å²) < 4.78 is 37.0. The van der Waals surface area contributed by atoms with Crippen LogP contribution in [0.15, 0.2) is 48.5 Å². The molecule has 0 aromatic heterocycles. The molecule has 9 heteroatoms. The first-order valence-electron chi connectivity index (χ1n) is 6.53. The summed E-state index contributed by atoms with van der Waals surface area (Å²) in [5.41, 5.74) is -0.653. The summed E-state index contributed by atoms with van der Waals surface area (Å²) in [5.74, 6) is -3.01. The van der Waals surface area contributed by atoms with Crippen LogP contribution in [0.25, 0.3) is 0 Å². The largest absolute Gasteiger partial charge is 0.471 e. The number of alkyl halides is 4. The monoisotopic (exact) mass is 347 g/mol. The molecular weight excluding hydrogens is 335 g/mol. The smallest absolute Gasteiger partial charge is 0.345 e. The van der Waals surface area contributed by atoms with E-state index < -0.39 is 30.1 Å². The summed E-state index contributed by atoms with van der Waals surface area (Å²) in [4.78, 5) is 24.4. The number of nitrogens with zero attached hydrogens (tertiary/aromatic N) is 1. The average Bonchev–Trinajstić information content (AvgIpc) is 2.51. The van der Waals surface area contributed by atoms with Gasteiger partial charge in [-0.2, -0.15) is 13.2 Å². The van der Waals surface area contributed by atoms with Gasteiger partial charge in [0, 0.05) is 24.6 Å². The van der Waals surface area contributed by atoms with Gasteiger partial charge >= 0.3 is 12.1 Å². The van der Waals surface area contributed by atoms with Gasteiger partial charge in [0.1, 0.15) is 5.88 Å². The molecule has 0 radical (unpaired) electrons. The van der Waals surface area contributed by atoms with Gasteiger partial charge in [0.15, 0.2) is 0 Å². The predicted octanol–water partition coefficient (Wildman–Crippen LogP) is 1.56. The Bertz CT molecular complexity index is 625. The van der Waals surface area contributed by atoms with Crippen molar-refractivity contribution in [3.05, 3.63) is 48.5 Å². The Morgan fingerprint density at radius 3 is 2.65 bits per heavy atom. The molecule has 0 saturated carbocycles. The molecule has 0 fully saturated rings. The summed E-state index contributed by atoms with van der Waals surface area (Å²) in [6.45, 7) is -0.459. The molecular formula is C14H13ClF3N3O2. The highest BCUT2D eigenvalue weighted by Gasteiger charge is 2.40. The van der Waals surface area contributed by atoms with Crippen molar-refractivity contribution in [3.8, 4) is 0 Å². The number of rotatable bonds is 4. The van der Waals surface area contributed by atoms with E-state index in [1.807, 2.05) is 0 Å². The third-order valence-corrected chi connectivity index (χ3v) is 3.40. The van der Waals surface area contributed by atoms with Gasteiger partial charge in [0.05, 0.1) is 5.54 Å². The van der Waals surface area contributed by atoms with Gasteiger partial charge in [-0.15, -0.1) is 11.6 Å². The van der Waals surface area contributed by atoms with Gasteiger partial charge in [-0.3, -0.25) is 9.59 Å². The third kappa shape index (κ3) is 4.16. The van der Waals surface area contributed by atoms with Gasteiger partial charge in [0.2, 0.25) is 5.91 Å². The lowest BCUT2D eigenvalue weighted by molar-refractivity contribution is -0.173. The first-order valence-corrected chi connectivity index (χ1v) is 7.07. The number of allylic oxidation sites excluding steroid dienone is 3. The van der Waals surface area contributed by atoms with Crippen LogP contribution in [0.4, 0.5) is 13.2 Å². The number of amides is 2. The number of hydrogen-bond acceptors (Lipinski definition) is 3. The van der Waals surface area contributed by atoms with E-state index in [-0.39, 0.29) is 5.88 Å². The molecule has 2 aliphatic rings. The Kier molecular flexibility index (Phi) is 4.84. The molecule has 0 spiro atoms. The summed E-state index contributed by atoms with van der Waals surface area (Å²) in [6, 6.07) is 0. The number of carbonyl (C=O) groups is 2. The van der Waals surface area contributed by atoms with Gasteiger partial charge in [-0.05, 0) is 24.3 Å². The van der Waals surface area contributed by atoms with Gasteiger partial charge < -0.3 is 15.5 Å². The minimum atomic E-state index is -5.00. The van der Waals surface area contributed by atoms with E-state index in [1.54, 1.807) is 46.9 Å². The van der Waals surface area contributed by atoms with Crippen molar-refractivity contribution in [1.82, 2.24) is 15.5 Å². The fourth-order valence-corrected chi connectivity index (χ4v) is 2.17. The quantitative estimate of drug-likeness (QED) is 0.759. The SMILES string of the molecule is O=C(CCl)NC1(CNC(=O)C(F)(F)F)C=CN2C=CC=CC2=C1.